The summed E-state index contributed by atoms with van der Waals surface area (Å²) in [6, 6.07) is 13.1. The van der Waals surface area contributed by atoms with Crippen molar-refractivity contribution in [2.45, 2.75) is 25.7 Å². The van der Waals surface area contributed by atoms with Crippen LogP contribution in [0.25, 0.3) is 0 Å². The molecule has 0 aliphatic heterocycles. The molecule has 0 saturated heterocycles. The topological polar surface area (TPSA) is 41.6 Å². The van der Waals surface area contributed by atoms with Gasteiger partial charge in [-0.15, -0.1) is 0 Å². The Morgan fingerprint density at radius 2 is 2.11 bits per heavy atom. The lowest BCUT2D eigenvalue weighted by molar-refractivity contribution is 0.335. The fourth-order valence-corrected chi connectivity index (χ4v) is 2.99. The highest BCUT2D eigenvalue weighted by atomic mass is 15.2. The molecule has 0 spiro atoms. The molecule has 3 heteroatoms. The zero-order chi connectivity index (χ0) is 13.3. The number of aromatic nitrogens is 2. The van der Waals surface area contributed by atoms with E-state index in [-0.39, 0.29) is 5.41 Å². The zero-order valence-corrected chi connectivity index (χ0v) is 11.1. The number of benzene rings is 1. The third kappa shape index (κ3) is 2.26. The van der Waals surface area contributed by atoms with Crippen LogP contribution in [0, 0.1) is 16.7 Å². The lowest BCUT2D eigenvalue weighted by atomic mass is 9.70. The van der Waals surface area contributed by atoms with Gasteiger partial charge in [0, 0.05) is 19.7 Å². The van der Waals surface area contributed by atoms with Crippen molar-refractivity contribution in [2.24, 2.45) is 12.5 Å². The summed E-state index contributed by atoms with van der Waals surface area (Å²) in [7, 11) is 1.92. The van der Waals surface area contributed by atoms with Gasteiger partial charge in [-0.3, -0.25) is 4.68 Å². The SMILES string of the molecule is Cn1ccc(CC2(C#N)CCc3ccccc3C2)n1. The molecule has 1 aromatic heterocycles. The van der Waals surface area contributed by atoms with Crippen molar-refractivity contribution < 1.29 is 0 Å². The molecule has 0 radical (unpaired) electrons. The predicted molar refractivity (Wildman–Crippen MR) is 73.4 cm³/mol. The second-order valence-corrected chi connectivity index (χ2v) is 5.50. The van der Waals surface area contributed by atoms with Crippen molar-refractivity contribution >= 4 is 0 Å². The Morgan fingerprint density at radius 1 is 1.32 bits per heavy atom. The average Bonchev–Trinajstić information content (AvgIpc) is 2.84. The molecule has 1 atom stereocenters. The van der Waals surface area contributed by atoms with E-state index in [1.165, 1.54) is 11.1 Å². The second-order valence-electron chi connectivity index (χ2n) is 5.50. The molecule has 0 fully saturated rings. The Hall–Kier alpha value is -2.08. The van der Waals surface area contributed by atoms with Crippen molar-refractivity contribution in [3.8, 4) is 6.07 Å². The van der Waals surface area contributed by atoms with Crippen LogP contribution in [0.3, 0.4) is 0 Å². The van der Waals surface area contributed by atoms with Gasteiger partial charge in [0.1, 0.15) is 0 Å². The second kappa shape index (κ2) is 4.55. The molecule has 1 aliphatic carbocycles. The molecule has 3 nitrogen and oxygen atoms in total. The first-order chi connectivity index (χ1) is 9.21. The molecule has 96 valence electrons. The highest BCUT2D eigenvalue weighted by Crippen LogP contribution is 2.37. The van der Waals surface area contributed by atoms with Crippen LogP contribution in [-0.4, -0.2) is 9.78 Å². The number of aryl methyl sites for hydroxylation is 2. The molecule has 0 N–H and O–H groups in total. The summed E-state index contributed by atoms with van der Waals surface area (Å²) < 4.78 is 1.80. The van der Waals surface area contributed by atoms with E-state index in [0.29, 0.717) is 0 Å². The minimum absolute atomic E-state index is 0.289. The average molecular weight is 251 g/mol. The highest BCUT2D eigenvalue weighted by Gasteiger charge is 2.35. The molecule has 0 saturated carbocycles. The van der Waals surface area contributed by atoms with Crippen LogP contribution in [0.15, 0.2) is 36.5 Å². The quantitative estimate of drug-likeness (QED) is 0.823. The number of nitriles is 1. The van der Waals surface area contributed by atoms with Gasteiger partial charge >= 0.3 is 0 Å². The monoisotopic (exact) mass is 251 g/mol. The van der Waals surface area contributed by atoms with E-state index in [9.17, 15) is 5.26 Å². The first-order valence-electron chi connectivity index (χ1n) is 6.67. The number of hydrogen-bond donors (Lipinski definition) is 0. The number of fused-ring (bicyclic) bond motifs is 1. The molecule has 1 unspecified atom stereocenters. The maximum absolute atomic E-state index is 9.65. The van der Waals surface area contributed by atoms with Crippen LogP contribution >= 0.6 is 0 Å². The Morgan fingerprint density at radius 3 is 2.79 bits per heavy atom. The van der Waals surface area contributed by atoms with Crippen LogP contribution in [0.5, 0.6) is 0 Å². The van der Waals surface area contributed by atoms with Crippen LogP contribution in [0.1, 0.15) is 23.2 Å². The van der Waals surface area contributed by atoms with E-state index in [4.69, 9.17) is 0 Å². The Kier molecular flexibility index (Phi) is 2.87. The van der Waals surface area contributed by atoms with E-state index in [1.54, 1.807) is 4.68 Å². The summed E-state index contributed by atoms with van der Waals surface area (Å²) in [5.41, 5.74) is 3.45. The summed E-state index contributed by atoms with van der Waals surface area (Å²) >= 11 is 0. The molecule has 1 heterocycles. The third-order valence-corrected chi connectivity index (χ3v) is 4.05. The van der Waals surface area contributed by atoms with Gasteiger partial charge in [-0.05, 0) is 36.5 Å². The maximum Gasteiger partial charge on any atom is 0.0697 e. The first-order valence-corrected chi connectivity index (χ1v) is 6.67. The molecule has 0 amide bonds. The Labute approximate surface area is 113 Å². The smallest absolute Gasteiger partial charge is 0.0697 e. The normalized spacial score (nSPS) is 21.7. The van der Waals surface area contributed by atoms with Crippen LogP contribution in [0.4, 0.5) is 0 Å². The Bertz CT molecular complexity index is 635. The molecule has 3 rings (SSSR count). The van der Waals surface area contributed by atoms with E-state index in [0.717, 1.165) is 31.4 Å². The predicted octanol–water partition coefficient (Wildman–Crippen LogP) is 2.66. The summed E-state index contributed by atoms with van der Waals surface area (Å²) in [6.07, 6.45) is 5.46. The van der Waals surface area contributed by atoms with Gasteiger partial charge in [0.05, 0.1) is 17.2 Å². The van der Waals surface area contributed by atoms with Crippen molar-refractivity contribution in [3.05, 3.63) is 53.3 Å². The maximum atomic E-state index is 9.65. The standard InChI is InChI=1S/C16H17N3/c1-19-9-7-15(18-19)11-16(12-17)8-6-13-4-2-3-5-14(13)10-16/h2-5,7,9H,6,8,10-11H2,1H3. The van der Waals surface area contributed by atoms with Crippen molar-refractivity contribution in [1.82, 2.24) is 9.78 Å². The number of rotatable bonds is 2. The van der Waals surface area contributed by atoms with Gasteiger partial charge in [0.15, 0.2) is 0 Å². The van der Waals surface area contributed by atoms with Gasteiger partial charge < -0.3 is 0 Å². The van der Waals surface area contributed by atoms with Crippen molar-refractivity contribution in [2.75, 3.05) is 0 Å². The lowest BCUT2D eigenvalue weighted by Gasteiger charge is -2.31. The minimum atomic E-state index is -0.289. The molecule has 19 heavy (non-hydrogen) atoms. The minimum Gasteiger partial charge on any atom is -0.276 e. The van der Waals surface area contributed by atoms with E-state index in [1.807, 2.05) is 19.3 Å². The van der Waals surface area contributed by atoms with Crippen LogP contribution in [0.2, 0.25) is 0 Å². The van der Waals surface area contributed by atoms with Gasteiger partial charge in [0.2, 0.25) is 0 Å². The van der Waals surface area contributed by atoms with Crippen LogP contribution in [-0.2, 0) is 26.3 Å². The fraction of sp³-hybridized carbons (Fsp3) is 0.375. The lowest BCUT2D eigenvalue weighted by Crippen LogP contribution is -2.30. The van der Waals surface area contributed by atoms with Crippen molar-refractivity contribution in [1.29, 1.82) is 5.26 Å². The molecule has 0 bridgehead atoms. The summed E-state index contributed by atoms with van der Waals surface area (Å²) in [4.78, 5) is 0. The van der Waals surface area contributed by atoms with Gasteiger partial charge in [-0.2, -0.15) is 10.4 Å². The zero-order valence-electron chi connectivity index (χ0n) is 11.1. The molecular formula is C16H17N3. The number of nitrogens with zero attached hydrogens (tertiary/aromatic N) is 3. The molecule has 1 aromatic carbocycles. The molecular weight excluding hydrogens is 234 g/mol. The summed E-state index contributed by atoms with van der Waals surface area (Å²) in [5.74, 6) is 0. The van der Waals surface area contributed by atoms with E-state index >= 15 is 0 Å². The molecule has 1 aliphatic rings. The third-order valence-electron chi connectivity index (χ3n) is 4.05. The fourth-order valence-electron chi connectivity index (χ4n) is 2.99. The largest absolute Gasteiger partial charge is 0.276 e. The van der Waals surface area contributed by atoms with Gasteiger partial charge in [0.25, 0.3) is 0 Å². The Balaban J connectivity index is 1.88. The summed E-state index contributed by atoms with van der Waals surface area (Å²) in [5, 5.41) is 14.1. The molecule has 2 aromatic rings. The van der Waals surface area contributed by atoms with Crippen molar-refractivity contribution in [3.63, 3.8) is 0 Å². The van der Waals surface area contributed by atoms with Crippen LogP contribution < -0.4 is 0 Å². The highest BCUT2D eigenvalue weighted by molar-refractivity contribution is 5.33. The summed E-state index contributed by atoms with van der Waals surface area (Å²) in [6.45, 7) is 0. The van der Waals surface area contributed by atoms with Gasteiger partial charge in [-0.1, -0.05) is 24.3 Å². The number of hydrogen-bond acceptors (Lipinski definition) is 2. The van der Waals surface area contributed by atoms with E-state index < -0.39 is 0 Å². The van der Waals surface area contributed by atoms with E-state index in [2.05, 4.69) is 35.4 Å². The van der Waals surface area contributed by atoms with Gasteiger partial charge in [-0.25, -0.2) is 0 Å². The first kappa shape index (κ1) is 12.0.